The fourth-order valence-corrected chi connectivity index (χ4v) is 4.16. The molecule has 0 spiro atoms. The van der Waals surface area contributed by atoms with Crippen molar-refractivity contribution in [3.8, 4) is 0 Å². The van der Waals surface area contributed by atoms with E-state index in [1.165, 1.54) is 22.5 Å². The number of benzene rings is 1. The Labute approximate surface area is 181 Å². The van der Waals surface area contributed by atoms with Crippen LogP contribution in [0.4, 0.5) is 5.69 Å². The van der Waals surface area contributed by atoms with Crippen LogP contribution in [0, 0.1) is 19.8 Å². The molecule has 6 heteroatoms. The molecular formula is C24H37N5O. The molecular weight excluding hydrogens is 374 g/mol. The molecule has 2 aromatic rings. The van der Waals surface area contributed by atoms with E-state index in [9.17, 15) is 4.79 Å². The Bertz CT molecular complexity index is 849. The summed E-state index contributed by atoms with van der Waals surface area (Å²) in [7, 11) is 2.17. The van der Waals surface area contributed by atoms with Crippen LogP contribution in [-0.2, 0) is 24.3 Å². The van der Waals surface area contributed by atoms with E-state index >= 15 is 0 Å². The Morgan fingerprint density at radius 2 is 1.83 bits per heavy atom. The van der Waals surface area contributed by atoms with Crippen molar-refractivity contribution in [3.63, 3.8) is 0 Å². The third kappa shape index (κ3) is 5.63. The van der Waals surface area contributed by atoms with E-state index in [2.05, 4.69) is 77.0 Å². The number of aryl methyl sites for hydroxylation is 1. The maximum Gasteiger partial charge on any atom is 0.220 e. The van der Waals surface area contributed by atoms with E-state index in [1.807, 2.05) is 6.92 Å². The molecule has 1 aromatic carbocycles. The van der Waals surface area contributed by atoms with Gasteiger partial charge in [0.05, 0.1) is 5.69 Å². The van der Waals surface area contributed by atoms with Crippen molar-refractivity contribution in [1.29, 1.82) is 0 Å². The second-order valence-corrected chi connectivity index (χ2v) is 8.92. The number of nitrogens with zero attached hydrogens (tertiary/aromatic N) is 4. The summed E-state index contributed by atoms with van der Waals surface area (Å²) >= 11 is 0. The number of amides is 1. The van der Waals surface area contributed by atoms with E-state index in [-0.39, 0.29) is 5.91 Å². The molecule has 2 heterocycles. The van der Waals surface area contributed by atoms with Crippen LogP contribution in [0.1, 0.15) is 42.8 Å². The summed E-state index contributed by atoms with van der Waals surface area (Å²) < 4.78 is 2.08. The molecule has 1 N–H and O–H groups in total. The van der Waals surface area contributed by atoms with Gasteiger partial charge in [-0.3, -0.25) is 9.48 Å². The van der Waals surface area contributed by atoms with Crippen molar-refractivity contribution in [2.24, 2.45) is 5.92 Å². The smallest absolute Gasteiger partial charge is 0.220 e. The van der Waals surface area contributed by atoms with Crippen LogP contribution in [0.25, 0.3) is 0 Å². The topological polar surface area (TPSA) is 53.4 Å². The summed E-state index contributed by atoms with van der Waals surface area (Å²) in [6.07, 6.45) is 1.23. The third-order valence-corrected chi connectivity index (χ3v) is 5.98. The second kappa shape index (κ2) is 10.1. The van der Waals surface area contributed by atoms with Gasteiger partial charge in [-0.25, -0.2) is 0 Å². The van der Waals surface area contributed by atoms with Gasteiger partial charge in [0.15, 0.2) is 0 Å². The van der Waals surface area contributed by atoms with Gasteiger partial charge in [-0.05, 0) is 50.4 Å². The lowest BCUT2D eigenvalue weighted by Gasteiger charge is -2.35. The molecule has 0 aliphatic carbocycles. The number of piperazine rings is 1. The van der Waals surface area contributed by atoms with Crippen LogP contribution in [0.3, 0.4) is 0 Å². The highest BCUT2D eigenvalue weighted by molar-refractivity contribution is 5.76. The number of aromatic nitrogens is 2. The molecule has 6 nitrogen and oxygen atoms in total. The third-order valence-electron chi connectivity index (χ3n) is 5.98. The summed E-state index contributed by atoms with van der Waals surface area (Å²) in [6, 6.07) is 8.43. The predicted molar refractivity (Wildman–Crippen MR) is 123 cm³/mol. The van der Waals surface area contributed by atoms with Crippen molar-refractivity contribution in [2.45, 2.75) is 53.6 Å². The zero-order valence-electron chi connectivity index (χ0n) is 19.2. The zero-order chi connectivity index (χ0) is 21.7. The standard InChI is InChI=1S/C24H37N5O/c1-18(2)17-29-20(4)22(19(3)26-29)10-11-24(30)25-16-21-8-6-7-9-23(21)28-14-12-27(5)13-15-28/h6-9,18H,10-17H2,1-5H3,(H,25,30). The average Bonchev–Trinajstić information content (AvgIpc) is 2.97. The minimum absolute atomic E-state index is 0.0959. The summed E-state index contributed by atoms with van der Waals surface area (Å²) in [5.41, 5.74) is 5.87. The molecule has 1 saturated heterocycles. The molecule has 0 bridgehead atoms. The van der Waals surface area contributed by atoms with Crippen LogP contribution >= 0.6 is 0 Å². The number of hydrogen-bond donors (Lipinski definition) is 1. The van der Waals surface area contributed by atoms with Crippen molar-refractivity contribution in [2.75, 3.05) is 38.1 Å². The van der Waals surface area contributed by atoms with E-state index in [4.69, 9.17) is 0 Å². The predicted octanol–water partition coefficient (Wildman–Crippen LogP) is 3.16. The number of carbonyl (C=O) groups excluding carboxylic acids is 1. The minimum atomic E-state index is 0.0959. The molecule has 164 valence electrons. The van der Waals surface area contributed by atoms with Gasteiger partial charge in [0.2, 0.25) is 5.91 Å². The van der Waals surface area contributed by atoms with Crippen LogP contribution in [0.5, 0.6) is 0 Å². The minimum Gasteiger partial charge on any atom is -0.369 e. The molecule has 1 aliphatic heterocycles. The van der Waals surface area contributed by atoms with Crippen LogP contribution in [0.2, 0.25) is 0 Å². The van der Waals surface area contributed by atoms with Gasteiger partial charge in [-0.2, -0.15) is 5.10 Å². The van der Waals surface area contributed by atoms with Gasteiger partial charge in [-0.15, -0.1) is 0 Å². The summed E-state index contributed by atoms with van der Waals surface area (Å²) in [5, 5.41) is 7.80. The normalized spacial score (nSPS) is 15.1. The summed E-state index contributed by atoms with van der Waals surface area (Å²) in [5.74, 6) is 0.651. The van der Waals surface area contributed by atoms with Gasteiger partial charge >= 0.3 is 0 Å². The van der Waals surface area contributed by atoms with Crippen LogP contribution in [-0.4, -0.2) is 53.8 Å². The molecule has 0 saturated carbocycles. The molecule has 0 radical (unpaired) electrons. The monoisotopic (exact) mass is 411 g/mol. The molecule has 1 fully saturated rings. The highest BCUT2D eigenvalue weighted by Gasteiger charge is 2.17. The maximum absolute atomic E-state index is 12.6. The van der Waals surface area contributed by atoms with Crippen molar-refractivity contribution >= 4 is 11.6 Å². The van der Waals surface area contributed by atoms with Gasteiger partial charge in [0.25, 0.3) is 0 Å². The Balaban J connectivity index is 1.55. The second-order valence-electron chi connectivity index (χ2n) is 8.92. The number of carbonyl (C=O) groups is 1. The lowest BCUT2D eigenvalue weighted by Crippen LogP contribution is -2.45. The van der Waals surface area contributed by atoms with E-state index < -0.39 is 0 Å². The number of nitrogens with one attached hydrogen (secondary N) is 1. The van der Waals surface area contributed by atoms with Gasteiger partial charge in [0, 0.05) is 57.1 Å². The molecule has 3 rings (SSSR count). The lowest BCUT2D eigenvalue weighted by molar-refractivity contribution is -0.121. The van der Waals surface area contributed by atoms with Crippen molar-refractivity contribution < 1.29 is 4.79 Å². The molecule has 0 atom stereocenters. The number of anilines is 1. The van der Waals surface area contributed by atoms with Crippen LogP contribution in [0.15, 0.2) is 24.3 Å². The Morgan fingerprint density at radius 1 is 1.13 bits per heavy atom. The van der Waals surface area contributed by atoms with E-state index in [0.29, 0.717) is 18.9 Å². The quantitative estimate of drug-likeness (QED) is 0.725. The Morgan fingerprint density at radius 3 is 2.53 bits per heavy atom. The molecule has 0 unspecified atom stereocenters. The number of likely N-dealkylation sites (N-methyl/N-ethyl adjacent to an activating group) is 1. The SMILES string of the molecule is Cc1nn(CC(C)C)c(C)c1CCC(=O)NCc1ccccc1N1CCN(C)CC1. The van der Waals surface area contributed by atoms with Gasteiger partial charge in [0.1, 0.15) is 0 Å². The number of para-hydroxylation sites is 1. The first kappa shape index (κ1) is 22.3. The van der Waals surface area contributed by atoms with Crippen molar-refractivity contribution in [3.05, 3.63) is 46.8 Å². The molecule has 30 heavy (non-hydrogen) atoms. The van der Waals surface area contributed by atoms with Crippen molar-refractivity contribution in [1.82, 2.24) is 20.0 Å². The summed E-state index contributed by atoms with van der Waals surface area (Å²) in [4.78, 5) is 17.4. The molecule has 1 aliphatic rings. The summed E-state index contributed by atoms with van der Waals surface area (Å²) in [6.45, 7) is 14.3. The first-order valence-electron chi connectivity index (χ1n) is 11.2. The first-order chi connectivity index (χ1) is 14.3. The largest absolute Gasteiger partial charge is 0.369 e. The fraction of sp³-hybridized carbons (Fsp3) is 0.583. The molecule has 1 amide bonds. The van der Waals surface area contributed by atoms with Gasteiger partial charge in [-0.1, -0.05) is 32.0 Å². The maximum atomic E-state index is 12.6. The Hall–Kier alpha value is -2.34. The van der Waals surface area contributed by atoms with E-state index in [0.717, 1.165) is 44.8 Å². The van der Waals surface area contributed by atoms with Gasteiger partial charge < -0.3 is 15.1 Å². The first-order valence-corrected chi connectivity index (χ1v) is 11.2. The van der Waals surface area contributed by atoms with E-state index in [1.54, 1.807) is 0 Å². The lowest BCUT2D eigenvalue weighted by atomic mass is 10.1. The highest BCUT2D eigenvalue weighted by atomic mass is 16.1. The molecule has 1 aromatic heterocycles. The average molecular weight is 412 g/mol. The fourth-order valence-electron chi connectivity index (χ4n) is 4.16. The zero-order valence-corrected chi connectivity index (χ0v) is 19.2. The highest BCUT2D eigenvalue weighted by Crippen LogP contribution is 2.22. The number of hydrogen-bond acceptors (Lipinski definition) is 4. The number of rotatable bonds is 8. The Kier molecular flexibility index (Phi) is 7.53. The van der Waals surface area contributed by atoms with Crippen LogP contribution < -0.4 is 10.2 Å².